The summed E-state index contributed by atoms with van der Waals surface area (Å²) in [5, 5.41) is 10.1. The van der Waals surface area contributed by atoms with Gasteiger partial charge in [0.15, 0.2) is 0 Å². The van der Waals surface area contributed by atoms with Crippen LogP contribution in [0.3, 0.4) is 0 Å². The smallest absolute Gasteiger partial charge is 0.265 e. The van der Waals surface area contributed by atoms with Crippen LogP contribution >= 0.6 is 15.9 Å². The van der Waals surface area contributed by atoms with Gasteiger partial charge in [-0.2, -0.15) is 0 Å². The lowest BCUT2D eigenvalue weighted by atomic mass is 10.1. The summed E-state index contributed by atoms with van der Waals surface area (Å²) in [4.78, 5) is 4.22. The molecule has 2 aromatic carbocycles. The number of nitrogens with zero attached hydrogens (tertiary/aromatic N) is 4. The summed E-state index contributed by atoms with van der Waals surface area (Å²) >= 11 is 3.47. The zero-order valence-electron chi connectivity index (χ0n) is 10.8. The van der Waals surface area contributed by atoms with Crippen molar-refractivity contribution < 1.29 is 4.74 Å². The highest BCUT2D eigenvalue weighted by molar-refractivity contribution is 9.10. The molecule has 0 N–H and O–H groups in total. The van der Waals surface area contributed by atoms with Crippen LogP contribution < -0.4 is 4.74 Å². The molecule has 6 heteroatoms. The Kier molecular flexibility index (Phi) is 2.82. The highest BCUT2D eigenvalue weighted by Crippen LogP contribution is 2.27. The predicted octanol–water partition coefficient (Wildman–Crippen LogP) is 3.83. The third-order valence-corrected chi connectivity index (χ3v) is 3.66. The molecular weight excluding hydrogens is 332 g/mol. The molecule has 0 atom stereocenters. The van der Waals surface area contributed by atoms with E-state index in [1.165, 1.54) is 0 Å². The van der Waals surface area contributed by atoms with Crippen molar-refractivity contribution >= 4 is 32.3 Å². The Hall–Kier alpha value is -2.47. The van der Waals surface area contributed by atoms with Gasteiger partial charge in [0.05, 0.1) is 0 Å². The number of ether oxygens (including phenoxy) is 1. The van der Waals surface area contributed by atoms with Gasteiger partial charge >= 0.3 is 0 Å². The van der Waals surface area contributed by atoms with Gasteiger partial charge in [0.25, 0.3) is 5.88 Å². The van der Waals surface area contributed by atoms with Gasteiger partial charge in [-0.05, 0) is 35.0 Å². The molecule has 4 aromatic rings. The molecule has 0 saturated carbocycles. The van der Waals surface area contributed by atoms with Crippen LogP contribution in [0.4, 0.5) is 0 Å². The zero-order chi connectivity index (χ0) is 14.2. The van der Waals surface area contributed by atoms with Crippen LogP contribution in [-0.2, 0) is 0 Å². The number of benzene rings is 2. The second-order valence-corrected chi connectivity index (χ2v) is 5.47. The Balaban J connectivity index is 1.77. The van der Waals surface area contributed by atoms with Gasteiger partial charge in [-0.1, -0.05) is 28.1 Å². The summed E-state index contributed by atoms with van der Waals surface area (Å²) in [6.07, 6.45) is 5.05. The topological polar surface area (TPSA) is 52.3 Å². The van der Waals surface area contributed by atoms with Crippen molar-refractivity contribution in [2.75, 3.05) is 0 Å². The SMILES string of the molecule is Brc1ccc2cc(Oc3nccn4cnnc34)ccc2c1. The maximum atomic E-state index is 5.84. The van der Waals surface area contributed by atoms with E-state index in [0.29, 0.717) is 17.3 Å². The molecule has 0 unspecified atom stereocenters. The fraction of sp³-hybridized carbons (Fsp3) is 0. The zero-order valence-corrected chi connectivity index (χ0v) is 12.4. The first-order valence-electron chi connectivity index (χ1n) is 6.31. The van der Waals surface area contributed by atoms with Gasteiger partial charge in [-0.15, -0.1) is 10.2 Å². The molecule has 0 fully saturated rings. The van der Waals surface area contributed by atoms with Crippen LogP contribution in [0.2, 0.25) is 0 Å². The van der Waals surface area contributed by atoms with Gasteiger partial charge in [0, 0.05) is 16.9 Å². The minimum absolute atomic E-state index is 0.437. The van der Waals surface area contributed by atoms with E-state index in [1.807, 2.05) is 30.3 Å². The third-order valence-electron chi connectivity index (χ3n) is 3.17. The number of aromatic nitrogens is 4. The van der Waals surface area contributed by atoms with Gasteiger partial charge in [0.2, 0.25) is 5.65 Å². The van der Waals surface area contributed by atoms with E-state index in [1.54, 1.807) is 23.1 Å². The maximum absolute atomic E-state index is 5.84. The molecular formula is C15H9BrN4O. The Morgan fingerprint density at radius 3 is 2.86 bits per heavy atom. The first-order valence-corrected chi connectivity index (χ1v) is 7.10. The number of fused-ring (bicyclic) bond motifs is 2. The van der Waals surface area contributed by atoms with Gasteiger partial charge in [-0.25, -0.2) is 4.98 Å². The van der Waals surface area contributed by atoms with Gasteiger partial charge < -0.3 is 4.74 Å². The summed E-state index contributed by atoms with van der Waals surface area (Å²) in [5.41, 5.74) is 0.591. The molecule has 5 nitrogen and oxygen atoms in total. The largest absolute Gasteiger partial charge is 0.436 e. The average Bonchev–Trinajstić information content (AvgIpc) is 2.97. The second-order valence-electron chi connectivity index (χ2n) is 4.55. The monoisotopic (exact) mass is 340 g/mol. The van der Waals surface area contributed by atoms with Crippen LogP contribution in [0.1, 0.15) is 0 Å². The van der Waals surface area contributed by atoms with Crippen LogP contribution in [-0.4, -0.2) is 19.6 Å². The third kappa shape index (κ3) is 2.23. The fourth-order valence-corrected chi connectivity index (χ4v) is 2.56. The molecule has 0 aliphatic rings. The number of rotatable bonds is 2. The average molecular weight is 341 g/mol. The molecule has 0 amide bonds. The summed E-state index contributed by atoms with van der Waals surface area (Å²) in [7, 11) is 0. The van der Waals surface area contributed by atoms with Crippen molar-refractivity contribution in [3.8, 4) is 11.6 Å². The normalized spacial score (nSPS) is 11.1. The Morgan fingerprint density at radius 2 is 1.90 bits per heavy atom. The molecule has 2 heterocycles. The van der Waals surface area contributed by atoms with Gasteiger partial charge in [-0.3, -0.25) is 4.40 Å². The fourth-order valence-electron chi connectivity index (χ4n) is 2.18. The number of hydrogen-bond donors (Lipinski definition) is 0. The molecule has 0 radical (unpaired) electrons. The summed E-state index contributed by atoms with van der Waals surface area (Å²) in [6, 6.07) is 12.0. The van der Waals surface area contributed by atoms with E-state index in [0.717, 1.165) is 15.2 Å². The quantitative estimate of drug-likeness (QED) is 0.556. The van der Waals surface area contributed by atoms with Crippen molar-refractivity contribution in [2.45, 2.75) is 0 Å². The van der Waals surface area contributed by atoms with Crippen LogP contribution in [0.15, 0.2) is 59.6 Å². The maximum Gasteiger partial charge on any atom is 0.265 e. The second kappa shape index (κ2) is 4.82. The van der Waals surface area contributed by atoms with Crippen molar-refractivity contribution in [1.82, 2.24) is 19.6 Å². The van der Waals surface area contributed by atoms with Crippen molar-refractivity contribution in [3.05, 3.63) is 59.6 Å². The van der Waals surface area contributed by atoms with Crippen molar-refractivity contribution in [2.24, 2.45) is 0 Å². The van der Waals surface area contributed by atoms with Crippen LogP contribution in [0.5, 0.6) is 11.6 Å². The lowest BCUT2D eigenvalue weighted by Crippen LogP contribution is -1.93. The lowest BCUT2D eigenvalue weighted by molar-refractivity contribution is 0.465. The van der Waals surface area contributed by atoms with Gasteiger partial charge in [0.1, 0.15) is 12.1 Å². The lowest BCUT2D eigenvalue weighted by Gasteiger charge is -2.06. The van der Waals surface area contributed by atoms with E-state index in [9.17, 15) is 0 Å². The molecule has 0 saturated heterocycles. The molecule has 0 aliphatic heterocycles. The highest BCUT2D eigenvalue weighted by Gasteiger charge is 2.07. The minimum atomic E-state index is 0.437. The van der Waals surface area contributed by atoms with Crippen molar-refractivity contribution in [1.29, 1.82) is 0 Å². The van der Waals surface area contributed by atoms with E-state index >= 15 is 0 Å². The Bertz CT molecular complexity index is 951. The molecule has 4 rings (SSSR count). The first kappa shape index (κ1) is 12.3. The Labute approximate surface area is 128 Å². The van der Waals surface area contributed by atoms with Crippen LogP contribution in [0.25, 0.3) is 16.4 Å². The molecule has 0 bridgehead atoms. The van der Waals surface area contributed by atoms with E-state index in [4.69, 9.17) is 4.74 Å². The van der Waals surface area contributed by atoms with Crippen molar-refractivity contribution in [3.63, 3.8) is 0 Å². The first-order chi connectivity index (χ1) is 10.3. The summed E-state index contributed by atoms with van der Waals surface area (Å²) < 4.78 is 8.66. The summed E-state index contributed by atoms with van der Waals surface area (Å²) in [6.45, 7) is 0. The number of halogens is 1. The minimum Gasteiger partial charge on any atom is -0.436 e. The van der Waals surface area contributed by atoms with E-state index in [-0.39, 0.29) is 0 Å². The Morgan fingerprint density at radius 1 is 1.05 bits per heavy atom. The molecule has 2 aromatic heterocycles. The molecule has 21 heavy (non-hydrogen) atoms. The number of hydrogen-bond acceptors (Lipinski definition) is 4. The van der Waals surface area contributed by atoms with E-state index < -0.39 is 0 Å². The molecule has 0 aliphatic carbocycles. The van der Waals surface area contributed by atoms with E-state index in [2.05, 4.69) is 37.2 Å². The predicted molar refractivity (Wildman–Crippen MR) is 82.5 cm³/mol. The van der Waals surface area contributed by atoms with Crippen LogP contribution in [0, 0.1) is 0 Å². The summed E-state index contributed by atoms with van der Waals surface area (Å²) in [5.74, 6) is 1.15. The molecule has 102 valence electrons. The highest BCUT2D eigenvalue weighted by atomic mass is 79.9. The standard InChI is InChI=1S/C15H9BrN4O/c16-12-3-1-11-8-13(4-2-10(11)7-12)21-15-14-19-18-9-20(14)6-5-17-15/h1-9H. The molecule has 0 spiro atoms.